The lowest BCUT2D eigenvalue weighted by atomic mass is 10.0. The molecule has 1 aliphatic rings. The number of tetrazole rings is 1. The van der Waals surface area contributed by atoms with E-state index in [-0.39, 0.29) is 17.4 Å². The van der Waals surface area contributed by atoms with Crippen LogP contribution in [0.1, 0.15) is 62.0 Å². The van der Waals surface area contributed by atoms with E-state index in [0.29, 0.717) is 24.7 Å². The molecule has 1 N–H and O–H groups in total. The number of fused-ring (bicyclic) bond motifs is 1. The monoisotopic (exact) mass is 490 g/mol. The molecule has 0 saturated heterocycles. The van der Waals surface area contributed by atoms with Gasteiger partial charge in [-0.3, -0.25) is 9.69 Å². The van der Waals surface area contributed by atoms with Crippen molar-refractivity contribution in [2.75, 3.05) is 7.11 Å². The van der Waals surface area contributed by atoms with Crippen LogP contribution in [-0.2, 0) is 13.1 Å². The largest absolute Gasteiger partial charge is 0.497 e. The van der Waals surface area contributed by atoms with Crippen molar-refractivity contribution in [1.29, 1.82) is 0 Å². The van der Waals surface area contributed by atoms with Gasteiger partial charge in [-0.05, 0) is 71.7 Å². The van der Waals surface area contributed by atoms with Crippen molar-refractivity contribution in [3.63, 3.8) is 0 Å². The molecule has 0 amide bonds. The summed E-state index contributed by atoms with van der Waals surface area (Å²) in [7, 11) is 1.64. The van der Waals surface area contributed by atoms with Gasteiger partial charge in [0.1, 0.15) is 11.6 Å². The molecule has 4 aromatic rings. The van der Waals surface area contributed by atoms with Gasteiger partial charge in [-0.25, -0.2) is 9.07 Å². The number of aromatic nitrogens is 5. The summed E-state index contributed by atoms with van der Waals surface area (Å²) in [6.45, 7) is 3.07. The van der Waals surface area contributed by atoms with Gasteiger partial charge in [-0.1, -0.05) is 31.9 Å². The van der Waals surface area contributed by atoms with Crippen molar-refractivity contribution in [1.82, 2.24) is 30.1 Å². The molecule has 1 fully saturated rings. The number of rotatable bonds is 9. The standard InChI is InChI=1S/C27H31FN6O2/c1-3-25(26-30-31-32-34(26)16-18-8-10-21(28)11-9-18)33(22-6-4-5-7-22)17-20-14-19-15-23(36-2)12-13-24(19)29-27(20)35/h8-15,22,25H,3-7,16-17H2,1-2H3,(H,29,35)/t25-/m0/s1. The fourth-order valence-corrected chi connectivity index (χ4v) is 5.29. The van der Waals surface area contributed by atoms with Gasteiger partial charge in [0, 0.05) is 29.1 Å². The van der Waals surface area contributed by atoms with E-state index in [1.807, 2.05) is 24.3 Å². The minimum Gasteiger partial charge on any atom is -0.497 e. The SMILES string of the molecule is CC[C@@H](c1nnnn1Cc1ccc(F)cc1)N(Cc1cc2cc(OC)ccc2[nH]c1=O)C1CCCC1. The second kappa shape index (κ2) is 10.6. The summed E-state index contributed by atoms with van der Waals surface area (Å²) in [6, 6.07) is 14.3. The first-order chi connectivity index (χ1) is 17.6. The van der Waals surface area contributed by atoms with Gasteiger partial charge in [-0.2, -0.15) is 0 Å². The number of ether oxygens (including phenoxy) is 1. The minimum absolute atomic E-state index is 0.0658. The molecule has 1 atom stereocenters. The number of nitrogens with one attached hydrogen (secondary N) is 1. The Bertz CT molecular complexity index is 1380. The molecular weight excluding hydrogens is 459 g/mol. The number of halogens is 1. The molecule has 1 saturated carbocycles. The fraction of sp³-hybridized carbons (Fsp3) is 0.407. The van der Waals surface area contributed by atoms with Crippen molar-refractivity contribution >= 4 is 10.9 Å². The van der Waals surface area contributed by atoms with Crippen LogP contribution in [0.4, 0.5) is 4.39 Å². The van der Waals surface area contributed by atoms with Crippen LogP contribution < -0.4 is 10.3 Å². The highest BCUT2D eigenvalue weighted by Gasteiger charge is 2.32. The van der Waals surface area contributed by atoms with E-state index in [9.17, 15) is 9.18 Å². The highest BCUT2D eigenvalue weighted by Crippen LogP contribution is 2.34. The molecule has 5 rings (SSSR count). The average molecular weight is 491 g/mol. The number of aromatic amines is 1. The molecule has 0 spiro atoms. The summed E-state index contributed by atoms with van der Waals surface area (Å²) in [5.74, 6) is 1.24. The van der Waals surface area contributed by atoms with Crippen LogP contribution in [0.25, 0.3) is 10.9 Å². The molecule has 0 unspecified atom stereocenters. The van der Waals surface area contributed by atoms with E-state index in [1.165, 1.54) is 25.0 Å². The number of hydrogen-bond donors (Lipinski definition) is 1. The molecule has 1 aliphatic carbocycles. The lowest BCUT2D eigenvalue weighted by Crippen LogP contribution is -2.39. The van der Waals surface area contributed by atoms with E-state index in [2.05, 4.69) is 32.3 Å². The number of hydrogen-bond acceptors (Lipinski definition) is 6. The number of H-pyrrole nitrogens is 1. The Labute approximate surface area is 209 Å². The second-order valence-corrected chi connectivity index (χ2v) is 9.43. The topological polar surface area (TPSA) is 88.9 Å². The van der Waals surface area contributed by atoms with Crippen LogP contribution in [0.15, 0.2) is 53.3 Å². The molecule has 0 aliphatic heterocycles. The molecule has 0 radical (unpaired) electrons. The number of benzene rings is 2. The second-order valence-electron chi connectivity index (χ2n) is 9.43. The zero-order valence-corrected chi connectivity index (χ0v) is 20.7. The van der Waals surface area contributed by atoms with Gasteiger partial charge in [0.2, 0.25) is 0 Å². The fourth-order valence-electron chi connectivity index (χ4n) is 5.29. The van der Waals surface area contributed by atoms with Gasteiger partial charge in [0.05, 0.1) is 19.7 Å². The molecule has 8 nitrogen and oxygen atoms in total. The van der Waals surface area contributed by atoms with Gasteiger partial charge < -0.3 is 9.72 Å². The maximum absolute atomic E-state index is 13.4. The molecule has 0 bridgehead atoms. The minimum atomic E-state index is -0.271. The third-order valence-corrected chi connectivity index (χ3v) is 7.17. The predicted octanol–water partition coefficient (Wildman–Crippen LogP) is 4.61. The summed E-state index contributed by atoms with van der Waals surface area (Å²) < 4.78 is 20.6. The first-order valence-corrected chi connectivity index (χ1v) is 12.5. The maximum Gasteiger partial charge on any atom is 0.252 e. The summed E-state index contributed by atoms with van der Waals surface area (Å²) in [6.07, 6.45) is 5.29. The van der Waals surface area contributed by atoms with Gasteiger partial charge in [-0.15, -0.1) is 5.10 Å². The molecule has 2 heterocycles. The van der Waals surface area contributed by atoms with Crippen molar-refractivity contribution in [2.45, 2.75) is 64.2 Å². The first-order valence-electron chi connectivity index (χ1n) is 12.5. The zero-order valence-electron chi connectivity index (χ0n) is 20.7. The molecule has 36 heavy (non-hydrogen) atoms. The Kier molecular flexibility index (Phi) is 7.09. The third-order valence-electron chi connectivity index (χ3n) is 7.17. The summed E-state index contributed by atoms with van der Waals surface area (Å²) >= 11 is 0. The van der Waals surface area contributed by atoms with Crippen LogP contribution in [0.5, 0.6) is 5.75 Å². The Balaban J connectivity index is 1.49. The van der Waals surface area contributed by atoms with Gasteiger partial charge in [0.25, 0.3) is 5.56 Å². The van der Waals surface area contributed by atoms with Gasteiger partial charge >= 0.3 is 0 Å². The number of pyridine rings is 1. The smallest absolute Gasteiger partial charge is 0.252 e. The molecular formula is C27H31FN6O2. The molecule has 188 valence electrons. The van der Waals surface area contributed by atoms with E-state index >= 15 is 0 Å². The first kappa shape index (κ1) is 24.1. The lowest BCUT2D eigenvalue weighted by Gasteiger charge is -2.35. The van der Waals surface area contributed by atoms with E-state index < -0.39 is 0 Å². The van der Waals surface area contributed by atoms with E-state index in [1.54, 1.807) is 23.9 Å². The van der Waals surface area contributed by atoms with Gasteiger partial charge in [0.15, 0.2) is 5.82 Å². The lowest BCUT2D eigenvalue weighted by molar-refractivity contribution is 0.112. The van der Waals surface area contributed by atoms with Crippen molar-refractivity contribution < 1.29 is 9.13 Å². The van der Waals surface area contributed by atoms with Crippen molar-refractivity contribution in [3.05, 3.63) is 81.7 Å². The third kappa shape index (κ3) is 5.02. The average Bonchev–Trinajstić information content (AvgIpc) is 3.58. The Morgan fingerprint density at radius 1 is 1.17 bits per heavy atom. The van der Waals surface area contributed by atoms with Crippen molar-refractivity contribution in [2.24, 2.45) is 0 Å². The molecule has 9 heteroatoms. The Hall–Kier alpha value is -3.59. The normalized spacial score (nSPS) is 15.1. The van der Waals surface area contributed by atoms with Crippen LogP contribution in [0.2, 0.25) is 0 Å². The Morgan fingerprint density at radius 2 is 1.94 bits per heavy atom. The maximum atomic E-state index is 13.4. The molecule has 2 aromatic carbocycles. The van der Waals surface area contributed by atoms with Crippen LogP contribution in [-0.4, -0.2) is 43.2 Å². The predicted molar refractivity (Wildman–Crippen MR) is 135 cm³/mol. The van der Waals surface area contributed by atoms with Crippen LogP contribution in [0.3, 0.4) is 0 Å². The number of methoxy groups -OCH3 is 1. The van der Waals surface area contributed by atoms with Crippen LogP contribution >= 0.6 is 0 Å². The summed E-state index contributed by atoms with van der Waals surface area (Å²) in [5, 5.41) is 13.6. The van der Waals surface area contributed by atoms with Crippen molar-refractivity contribution in [3.8, 4) is 5.75 Å². The van der Waals surface area contributed by atoms with E-state index in [4.69, 9.17) is 4.74 Å². The summed E-state index contributed by atoms with van der Waals surface area (Å²) in [4.78, 5) is 18.5. The van der Waals surface area contributed by atoms with Crippen LogP contribution in [0, 0.1) is 5.82 Å². The van der Waals surface area contributed by atoms with E-state index in [0.717, 1.165) is 47.3 Å². The Morgan fingerprint density at radius 3 is 2.67 bits per heavy atom. The summed E-state index contributed by atoms with van der Waals surface area (Å²) in [5.41, 5.74) is 2.33. The highest BCUT2D eigenvalue weighted by molar-refractivity contribution is 5.80. The molecule has 2 aromatic heterocycles. The number of nitrogens with zero attached hydrogens (tertiary/aromatic N) is 5. The zero-order chi connectivity index (χ0) is 25.1. The quantitative estimate of drug-likeness (QED) is 0.369. The highest BCUT2D eigenvalue weighted by atomic mass is 19.1.